The van der Waals surface area contributed by atoms with Crippen molar-refractivity contribution in [1.29, 1.82) is 0 Å². The number of rotatable bonds is 5. The molecular weight excluding hydrogens is 352 g/mol. The number of anilines is 1. The van der Waals surface area contributed by atoms with Crippen molar-refractivity contribution < 1.29 is 4.79 Å². The third kappa shape index (κ3) is 4.48. The summed E-state index contributed by atoms with van der Waals surface area (Å²) in [5, 5.41) is 6.79. The number of hydrogen-bond donors (Lipinski definition) is 2. The number of carbonyl (C=O) groups excluding carboxylic acids is 1. The lowest BCUT2D eigenvalue weighted by molar-refractivity contribution is 0.0956. The van der Waals surface area contributed by atoms with Crippen LogP contribution in [0.5, 0.6) is 0 Å². The fraction of sp³-hybridized carbons (Fsp3) is 0.188. The van der Waals surface area contributed by atoms with Crippen LogP contribution in [0.15, 0.2) is 46.9 Å². The van der Waals surface area contributed by atoms with Gasteiger partial charge in [-0.15, -0.1) is 0 Å². The summed E-state index contributed by atoms with van der Waals surface area (Å²) < 4.78 is 0.999. The highest BCUT2D eigenvalue weighted by molar-refractivity contribution is 9.10. The summed E-state index contributed by atoms with van der Waals surface area (Å²) in [5.41, 5.74) is 2.60. The first-order valence-corrected chi connectivity index (χ1v) is 7.83. The number of halogens is 2. The zero-order chi connectivity index (χ0) is 15.2. The lowest BCUT2D eigenvalue weighted by Gasteiger charge is -2.10. The van der Waals surface area contributed by atoms with Crippen LogP contribution in [0, 0.1) is 0 Å². The third-order valence-electron chi connectivity index (χ3n) is 2.95. The van der Waals surface area contributed by atoms with Gasteiger partial charge in [-0.25, -0.2) is 0 Å². The van der Waals surface area contributed by atoms with E-state index < -0.39 is 0 Å². The largest absolute Gasteiger partial charge is 0.381 e. The van der Waals surface area contributed by atoms with Gasteiger partial charge in [0.1, 0.15) is 0 Å². The van der Waals surface area contributed by atoms with Crippen molar-refractivity contribution in [3.8, 4) is 0 Å². The molecule has 0 heterocycles. The van der Waals surface area contributed by atoms with Gasteiger partial charge in [-0.3, -0.25) is 4.79 Å². The standard InChI is InChI=1S/C16H16BrClN2O/c1-2-19-16(21)11-4-3-5-14(9-11)20-10-12-8-13(18)6-7-15(12)17/h3-9,20H,2,10H2,1H3,(H,19,21). The van der Waals surface area contributed by atoms with Crippen LogP contribution in [0.4, 0.5) is 5.69 Å². The maximum atomic E-state index is 11.8. The van der Waals surface area contributed by atoms with Gasteiger partial charge in [-0.05, 0) is 48.9 Å². The molecule has 0 saturated heterocycles. The summed E-state index contributed by atoms with van der Waals surface area (Å²) in [5.74, 6) is -0.0647. The van der Waals surface area contributed by atoms with Gasteiger partial charge in [-0.2, -0.15) is 0 Å². The fourth-order valence-corrected chi connectivity index (χ4v) is 2.49. The van der Waals surface area contributed by atoms with E-state index in [0.717, 1.165) is 15.7 Å². The van der Waals surface area contributed by atoms with E-state index in [1.807, 2.05) is 43.3 Å². The normalized spacial score (nSPS) is 10.2. The molecule has 0 bridgehead atoms. The minimum Gasteiger partial charge on any atom is -0.381 e. The van der Waals surface area contributed by atoms with Gasteiger partial charge < -0.3 is 10.6 Å². The molecular formula is C16H16BrClN2O. The molecule has 0 fully saturated rings. The molecule has 1 amide bonds. The molecule has 0 aliphatic rings. The van der Waals surface area contributed by atoms with Crippen molar-refractivity contribution in [1.82, 2.24) is 5.32 Å². The van der Waals surface area contributed by atoms with Crippen LogP contribution in [0.2, 0.25) is 5.02 Å². The van der Waals surface area contributed by atoms with Gasteiger partial charge in [0.05, 0.1) is 0 Å². The Bertz CT molecular complexity index is 646. The van der Waals surface area contributed by atoms with E-state index in [2.05, 4.69) is 26.6 Å². The Morgan fingerprint density at radius 1 is 1.24 bits per heavy atom. The van der Waals surface area contributed by atoms with Crippen molar-refractivity contribution in [2.75, 3.05) is 11.9 Å². The van der Waals surface area contributed by atoms with Gasteiger partial charge in [0.15, 0.2) is 0 Å². The summed E-state index contributed by atoms with van der Waals surface area (Å²) in [4.78, 5) is 11.8. The first-order chi connectivity index (χ1) is 10.1. The van der Waals surface area contributed by atoms with Crippen LogP contribution in [0.3, 0.4) is 0 Å². The molecule has 21 heavy (non-hydrogen) atoms. The molecule has 0 unspecified atom stereocenters. The molecule has 0 spiro atoms. The van der Waals surface area contributed by atoms with E-state index in [-0.39, 0.29) is 5.91 Å². The van der Waals surface area contributed by atoms with Crippen molar-refractivity contribution in [3.05, 3.63) is 63.1 Å². The molecule has 0 aliphatic carbocycles. The quantitative estimate of drug-likeness (QED) is 0.819. The molecule has 2 N–H and O–H groups in total. The summed E-state index contributed by atoms with van der Waals surface area (Å²) in [7, 11) is 0. The average molecular weight is 368 g/mol. The molecule has 2 aromatic carbocycles. The Labute approximate surface area is 137 Å². The maximum Gasteiger partial charge on any atom is 0.251 e. The van der Waals surface area contributed by atoms with Crippen molar-refractivity contribution in [2.24, 2.45) is 0 Å². The molecule has 0 saturated carbocycles. The summed E-state index contributed by atoms with van der Waals surface area (Å²) in [6.45, 7) is 3.14. The SMILES string of the molecule is CCNC(=O)c1cccc(NCc2cc(Cl)ccc2Br)c1. The minimum absolute atomic E-state index is 0.0647. The van der Waals surface area contributed by atoms with Crippen LogP contribution in [0.25, 0.3) is 0 Å². The Morgan fingerprint density at radius 3 is 2.81 bits per heavy atom. The van der Waals surface area contributed by atoms with Gasteiger partial charge in [0.2, 0.25) is 0 Å². The van der Waals surface area contributed by atoms with E-state index in [9.17, 15) is 4.79 Å². The van der Waals surface area contributed by atoms with E-state index in [4.69, 9.17) is 11.6 Å². The fourth-order valence-electron chi connectivity index (χ4n) is 1.91. The van der Waals surface area contributed by atoms with Gasteiger partial charge in [0, 0.05) is 33.8 Å². The molecule has 0 aliphatic heterocycles. The smallest absolute Gasteiger partial charge is 0.251 e. The molecule has 5 heteroatoms. The second-order valence-corrected chi connectivity index (χ2v) is 5.82. The monoisotopic (exact) mass is 366 g/mol. The summed E-state index contributed by atoms with van der Waals surface area (Å²) >= 11 is 9.50. The molecule has 0 atom stereocenters. The first kappa shape index (κ1) is 15.9. The topological polar surface area (TPSA) is 41.1 Å². The maximum absolute atomic E-state index is 11.8. The Kier molecular flexibility index (Phi) is 5.65. The zero-order valence-corrected chi connectivity index (χ0v) is 14.0. The van der Waals surface area contributed by atoms with Crippen molar-refractivity contribution >= 4 is 39.1 Å². The molecule has 3 nitrogen and oxygen atoms in total. The van der Waals surface area contributed by atoms with Crippen molar-refractivity contribution in [2.45, 2.75) is 13.5 Å². The van der Waals surface area contributed by atoms with Crippen LogP contribution >= 0.6 is 27.5 Å². The minimum atomic E-state index is -0.0647. The molecule has 2 aromatic rings. The Morgan fingerprint density at radius 2 is 2.05 bits per heavy atom. The van der Waals surface area contributed by atoms with E-state index in [1.54, 1.807) is 6.07 Å². The Balaban J connectivity index is 2.08. The second-order valence-electron chi connectivity index (χ2n) is 4.53. The van der Waals surface area contributed by atoms with Crippen LogP contribution in [-0.4, -0.2) is 12.5 Å². The molecule has 110 valence electrons. The number of nitrogens with one attached hydrogen (secondary N) is 2. The lowest BCUT2D eigenvalue weighted by atomic mass is 10.1. The van der Waals surface area contributed by atoms with Crippen LogP contribution in [0.1, 0.15) is 22.8 Å². The van der Waals surface area contributed by atoms with Gasteiger partial charge >= 0.3 is 0 Å². The summed E-state index contributed by atoms with van der Waals surface area (Å²) in [6.07, 6.45) is 0. The summed E-state index contributed by atoms with van der Waals surface area (Å²) in [6, 6.07) is 13.1. The molecule has 2 rings (SSSR count). The zero-order valence-electron chi connectivity index (χ0n) is 11.6. The Hall–Kier alpha value is -1.52. The first-order valence-electron chi connectivity index (χ1n) is 6.66. The van der Waals surface area contributed by atoms with Gasteiger partial charge in [0.25, 0.3) is 5.91 Å². The van der Waals surface area contributed by atoms with Crippen LogP contribution < -0.4 is 10.6 Å². The highest BCUT2D eigenvalue weighted by atomic mass is 79.9. The highest BCUT2D eigenvalue weighted by Gasteiger charge is 2.05. The molecule has 0 radical (unpaired) electrons. The highest BCUT2D eigenvalue weighted by Crippen LogP contribution is 2.22. The lowest BCUT2D eigenvalue weighted by Crippen LogP contribution is -2.22. The predicted octanol–water partition coefficient (Wildman–Crippen LogP) is 4.46. The number of carbonyl (C=O) groups is 1. The van der Waals surface area contributed by atoms with Crippen molar-refractivity contribution in [3.63, 3.8) is 0 Å². The van der Waals surface area contributed by atoms with Crippen LogP contribution in [-0.2, 0) is 6.54 Å². The molecule has 0 aromatic heterocycles. The number of amides is 1. The average Bonchev–Trinajstić information content (AvgIpc) is 2.49. The number of hydrogen-bond acceptors (Lipinski definition) is 2. The van der Waals surface area contributed by atoms with E-state index >= 15 is 0 Å². The van der Waals surface area contributed by atoms with E-state index in [1.165, 1.54) is 0 Å². The predicted molar refractivity (Wildman–Crippen MR) is 90.9 cm³/mol. The third-order valence-corrected chi connectivity index (χ3v) is 3.96. The number of benzene rings is 2. The van der Waals surface area contributed by atoms with E-state index in [0.29, 0.717) is 23.7 Å². The van der Waals surface area contributed by atoms with Gasteiger partial charge in [-0.1, -0.05) is 33.6 Å². The second kappa shape index (κ2) is 7.48.